The van der Waals surface area contributed by atoms with Crippen LogP contribution in [0.5, 0.6) is 5.75 Å². The molecule has 0 radical (unpaired) electrons. The number of carbonyl (C=O) groups is 1. The number of rotatable bonds is 7. The maximum atomic E-state index is 13.0. The van der Waals surface area contributed by atoms with Gasteiger partial charge in [0.15, 0.2) is 0 Å². The normalized spacial score (nSPS) is 14.5. The molecule has 0 bridgehead atoms. The lowest BCUT2D eigenvalue weighted by Crippen LogP contribution is -2.38. The maximum Gasteiger partial charge on any atom is 0.416 e. The maximum absolute atomic E-state index is 13.0. The van der Waals surface area contributed by atoms with Crippen molar-refractivity contribution < 1.29 is 27.4 Å². The summed E-state index contributed by atoms with van der Waals surface area (Å²) in [5.41, 5.74) is 0.762. The van der Waals surface area contributed by atoms with Gasteiger partial charge in [0.05, 0.1) is 35.7 Å². The molecule has 3 aromatic rings. The van der Waals surface area contributed by atoms with Crippen LogP contribution in [-0.2, 0) is 18.0 Å². The van der Waals surface area contributed by atoms with Gasteiger partial charge in [-0.1, -0.05) is 17.7 Å². The van der Waals surface area contributed by atoms with Gasteiger partial charge >= 0.3 is 12.2 Å². The van der Waals surface area contributed by atoms with Gasteiger partial charge < -0.3 is 20.1 Å². The highest BCUT2D eigenvalue weighted by Gasteiger charge is 2.30. The van der Waals surface area contributed by atoms with Gasteiger partial charge in [0.1, 0.15) is 12.4 Å². The number of nitrogens with one attached hydrogen (secondary N) is 2. The van der Waals surface area contributed by atoms with E-state index in [-0.39, 0.29) is 5.69 Å². The van der Waals surface area contributed by atoms with E-state index in [1.54, 1.807) is 29.9 Å². The molecule has 8 nitrogen and oxygen atoms in total. The van der Waals surface area contributed by atoms with Crippen LogP contribution in [-0.4, -0.2) is 60.2 Å². The number of aromatic nitrogens is 2. The second kappa shape index (κ2) is 11.2. The van der Waals surface area contributed by atoms with Gasteiger partial charge in [-0.15, -0.1) is 0 Å². The molecule has 0 aliphatic carbocycles. The van der Waals surface area contributed by atoms with Crippen molar-refractivity contribution in [2.45, 2.75) is 6.18 Å². The first kappa shape index (κ1) is 25.8. The first-order valence-electron chi connectivity index (χ1n) is 11.2. The number of hydrogen-bond donors (Lipinski definition) is 2. The summed E-state index contributed by atoms with van der Waals surface area (Å²) in [6, 6.07) is 8.74. The van der Waals surface area contributed by atoms with Crippen LogP contribution < -0.4 is 15.4 Å². The lowest BCUT2D eigenvalue weighted by molar-refractivity contribution is -0.137. The topological polar surface area (TPSA) is 80.7 Å². The van der Waals surface area contributed by atoms with E-state index in [1.165, 1.54) is 18.3 Å². The molecule has 2 N–H and O–H groups in total. The summed E-state index contributed by atoms with van der Waals surface area (Å²) < 4.78 is 51.9. The third kappa shape index (κ3) is 6.48. The Balaban J connectivity index is 1.49. The predicted octanol–water partition coefficient (Wildman–Crippen LogP) is 5.11. The second-order valence-electron chi connectivity index (χ2n) is 8.14. The summed E-state index contributed by atoms with van der Waals surface area (Å²) in [4.78, 5) is 14.8. The van der Waals surface area contributed by atoms with Gasteiger partial charge in [-0.05, 0) is 36.4 Å². The molecule has 4 rings (SSSR count). The number of ether oxygens (including phenoxy) is 2. The minimum absolute atomic E-state index is 0.0142. The van der Waals surface area contributed by atoms with Crippen LogP contribution in [0, 0.1) is 0 Å². The lowest BCUT2D eigenvalue weighted by atomic mass is 10.1. The van der Waals surface area contributed by atoms with E-state index in [4.69, 9.17) is 21.1 Å². The molecular formula is C24H25ClF3N5O3. The highest BCUT2D eigenvalue weighted by Crippen LogP contribution is 2.37. The van der Waals surface area contributed by atoms with Crippen LogP contribution in [0.25, 0.3) is 11.3 Å². The smallest absolute Gasteiger partial charge is 0.416 e. The molecule has 192 valence electrons. The Labute approximate surface area is 210 Å². The monoisotopic (exact) mass is 523 g/mol. The van der Waals surface area contributed by atoms with Crippen LogP contribution >= 0.6 is 11.6 Å². The molecule has 1 aliphatic rings. The number of urea groups is 1. The number of aryl methyl sites for hydroxylation is 1. The molecule has 1 fully saturated rings. The number of nitrogens with zero attached hydrogens (tertiary/aromatic N) is 3. The Bertz CT molecular complexity index is 1190. The van der Waals surface area contributed by atoms with E-state index in [9.17, 15) is 18.0 Å². The Morgan fingerprint density at radius 1 is 1.14 bits per heavy atom. The molecular weight excluding hydrogens is 499 g/mol. The summed E-state index contributed by atoms with van der Waals surface area (Å²) in [7, 11) is 1.74. The lowest BCUT2D eigenvalue weighted by Gasteiger charge is -2.26. The number of anilines is 2. The van der Waals surface area contributed by atoms with Crippen LogP contribution in [0.15, 0.2) is 48.7 Å². The summed E-state index contributed by atoms with van der Waals surface area (Å²) in [5.74, 6) is 0.553. The molecule has 0 saturated carbocycles. The minimum Gasteiger partial charge on any atom is -0.492 e. The second-order valence-corrected chi connectivity index (χ2v) is 8.54. The van der Waals surface area contributed by atoms with Crippen molar-refractivity contribution in [1.82, 2.24) is 14.7 Å². The van der Waals surface area contributed by atoms with Gasteiger partial charge in [0.2, 0.25) is 0 Å². The molecule has 12 heteroatoms. The minimum atomic E-state index is -4.51. The molecule has 0 unspecified atom stereocenters. The SMILES string of the molecule is Cn1ncc(Cl)c1-c1cc(NC(=O)Nc2cccc(C(F)(F)F)c2)ccc1OCCN1CCOCC1. The Morgan fingerprint density at radius 3 is 2.53 bits per heavy atom. The van der Waals surface area contributed by atoms with E-state index < -0.39 is 17.8 Å². The molecule has 2 heterocycles. The first-order valence-corrected chi connectivity index (χ1v) is 11.6. The molecule has 0 atom stereocenters. The van der Waals surface area contributed by atoms with E-state index >= 15 is 0 Å². The van der Waals surface area contributed by atoms with Crippen molar-refractivity contribution in [2.24, 2.45) is 7.05 Å². The number of benzene rings is 2. The Kier molecular flexibility index (Phi) is 8.02. The van der Waals surface area contributed by atoms with Gasteiger partial charge in [-0.25, -0.2) is 4.79 Å². The zero-order valence-electron chi connectivity index (χ0n) is 19.4. The number of hydrogen-bond acceptors (Lipinski definition) is 5. The van der Waals surface area contributed by atoms with Crippen molar-refractivity contribution in [1.29, 1.82) is 0 Å². The summed E-state index contributed by atoms with van der Waals surface area (Å²) >= 11 is 6.37. The van der Waals surface area contributed by atoms with Crippen LogP contribution in [0.1, 0.15) is 5.56 Å². The van der Waals surface area contributed by atoms with Crippen molar-refractivity contribution in [2.75, 3.05) is 50.1 Å². The summed E-state index contributed by atoms with van der Waals surface area (Å²) in [5, 5.41) is 9.65. The highest BCUT2D eigenvalue weighted by molar-refractivity contribution is 6.33. The average Bonchev–Trinajstić information content (AvgIpc) is 3.18. The fourth-order valence-corrected chi connectivity index (χ4v) is 4.08. The molecule has 2 aromatic carbocycles. The molecule has 2 amide bonds. The quantitative estimate of drug-likeness (QED) is 0.449. The molecule has 1 aliphatic heterocycles. The van der Waals surface area contributed by atoms with Gasteiger partial charge in [0, 0.05) is 43.6 Å². The van der Waals surface area contributed by atoms with Gasteiger partial charge in [0.25, 0.3) is 0 Å². The third-order valence-corrected chi connectivity index (χ3v) is 5.88. The number of alkyl halides is 3. The van der Waals surface area contributed by atoms with E-state index in [1.807, 2.05) is 0 Å². The van der Waals surface area contributed by atoms with E-state index in [0.29, 0.717) is 47.5 Å². The average molecular weight is 524 g/mol. The van der Waals surface area contributed by atoms with Crippen molar-refractivity contribution in [3.05, 3.63) is 59.2 Å². The molecule has 1 saturated heterocycles. The van der Waals surface area contributed by atoms with Crippen molar-refractivity contribution in [3.8, 4) is 17.0 Å². The van der Waals surface area contributed by atoms with Crippen LogP contribution in [0.2, 0.25) is 5.02 Å². The van der Waals surface area contributed by atoms with Crippen LogP contribution in [0.3, 0.4) is 0 Å². The third-order valence-electron chi connectivity index (χ3n) is 5.60. The van der Waals surface area contributed by atoms with Gasteiger partial charge in [-0.2, -0.15) is 18.3 Å². The summed E-state index contributed by atoms with van der Waals surface area (Å²) in [6.45, 7) is 4.23. The number of morpholine rings is 1. The standard InChI is InChI=1S/C24H25ClF3N5O3/c1-32-22(20(25)15-29-32)19-14-18(5-6-21(19)36-12-9-33-7-10-35-11-8-33)31-23(34)30-17-4-2-3-16(13-17)24(26,27)28/h2-6,13-15H,7-12H2,1H3,(H2,30,31,34). The first-order chi connectivity index (χ1) is 17.2. The number of halogens is 4. The van der Waals surface area contributed by atoms with Crippen molar-refractivity contribution >= 4 is 29.0 Å². The Morgan fingerprint density at radius 2 is 1.86 bits per heavy atom. The zero-order chi connectivity index (χ0) is 25.7. The predicted molar refractivity (Wildman–Crippen MR) is 130 cm³/mol. The fraction of sp³-hybridized carbons (Fsp3) is 0.333. The van der Waals surface area contributed by atoms with Crippen LogP contribution in [0.4, 0.5) is 29.3 Å². The largest absolute Gasteiger partial charge is 0.492 e. The van der Waals surface area contributed by atoms with Crippen molar-refractivity contribution in [3.63, 3.8) is 0 Å². The molecule has 0 spiro atoms. The zero-order valence-corrected chi connectivity index (χ0v) is 20.2. The molecule has 1 aromatic heterocycles. The number of amides is 2. The molecule has 36 heavy (non-hydrogen) atoms. The fourth-order valence-electron chi connectivity index (χ4n) is 3.81. The van der Waals surface area contributed by atoms with E-state index in [0.717, 1.165) is 31.8 Å². The van der Waals surface area contributed by atoms with Gasteiger partial charge in [-0.3, -0.25) is 9.58 Å². The Hall–Kier alpha value is -3.28. The van der Waals surface area contributed by atoms with E-state index in [2.05, 4.69) is 20.6 Å². The summed E-state index contributed by atoms with van der Waals surface area (Å²) in [6.07, 6.45) is -3.00. The number of carbonyl (C=O) groups excluding carboxylic acids is 1. The highest BCUT2D eigenvalue weighted by atomic mass is 35.5.